The largest absolute Gasteiger partial charge is 0.338 e. The Bertz CT molecular complexity index is 408. The third-order valence-electron chi connectivity index (χ3n) is 4.95. The summed E-state index contributed by atoms with van der Waals surface area (Å²) in [5.41, 5.74) is 5.98. The van der Waals surface area contributed by atoms with Crippen LogP contribution in [0.2, 0.25) is 0 Å². The van der Waals surface area contributed by atoms with Crippen LogP contribution >= 0.6 is 0 Å². The Morgan fingerprint density at radius 2 is 1.67 bits per heavy atom. The molecule has 5 heteroatoms. The van der Waals surface area contributed by atoms with Crippen molar-refractivity contribution in [1.82, 2.24) is 14.9 Å². The van der Waals surface area contributed by atoms with E-state index in [1.807, 2.05) is 18.5 Å². The number of anilines is 1. The molecule has 21 heavy (non-hydrogen) atoms. The highest BCUT2D eigenvalue weighted by atomic mass is 15.3. The van der Waals surface area contributed by atoms with Crippen molar-refractivity contribution >= 4 is 5.95 Å². The first-order chi connectivity index (χ1) is 10.3. The SMILES string of the molecule is NC1CCC(CCN2CCN(c3ncccn3)CC2)CC1. The van der Waals surface area contributed by atoms with E-state index in [1.54, 1.807) is 0 Å². The van der Waals surface area contributed by atoms with E-state index < -0.39 is 0 Å². The van der Waals surface area contributed by atoms with Crippen LogP contribution in [0.3, 0.4) is 0 Å². The van der Waals surface area contributed by atoms with Gasteiger partial charge in [0.05, 0.1) is 0 Å². The van der Waals surface area contributed by atoms with E-state index in [4.69, 9.17) is 5.73 Å². The molecule has 116 valence electrons. The van der Waals surface area contributed by atoms with Crippen molar-refractivity contribution in [1.29, 1.82) is 0 Å². The van der Waals surface area contributed by atoms with Crippen molar-refractivity contribution < 1.29 is 0 Å². The summed E-state index contributed by atoms with van der Waals surface area (Å²) >= 11 is 0. The van der Waals surface area contributed by atoms with Crippen LogP contribution in [-0.4, -0.2) is 53.6 Å². The van der Waals surface area contributed by atoms with Gasteiger partial charge in [-0.25, -0.2) is 9.97 Å². The lowest BCUT2D eigenvalue weighted by atomic mass is 9.84. The highest BCUT2D eigenvalue weighted by molar-refractivity contribution is 5.29. The fraction of sp³-hybridized carbons (Fsp3) is 0.750. The second-order valence-electron chi connectivity index (χ2n) is 6.45. The van der Waals surface area contributed by atoms with E-state index in [0.717, 1.165) is 38.0 Å². The van der Waals surface area contributed by atoms with Gasteiger partial charge < -0.3 is 10.6 Å². The van der Waals surface area contributed by atoms with Gasteiger partial charge in [0, 0.05) is 44.6 Å². The van der Waals surface area contributed by atoms with Crippen molar-refractivity contribution in [3.05, 3.63) is 18.5 Å². The van der Waals surface area contributed by atoms with E-state index in [2.05, 4.69) is 19.8 Å². The summed E-state index contributed by atoms with van der Waals surface area (Å²) in [6, 6.07) is 2.34. The van der Waals surface area contributed by atoms with E-state index in [9.17, 15) is 0 Å². The summed E-state index contributed by atoms with van der Waals surface area (Å²) in [5.74, 6) is 1.78. The molecule has 3 rings (SSSR count). The van der Waals surface area contributed by atoms with Crippen LogP contribution in [0.25, 0.3) is 0 Å². The Hall–Kier alpha value is -1.20. The van der Waals surface area contributed by atoms with E-state index >= 15 is 0 Å². The normalized spacial score (nSPS) is 27.8. The minimum absolute atomic E-state index is 0.468. The van der Waals surface area contributed by atoms with Gasteiger partial charge in [0.25, 0.3) is 0 Å². The highest BCUT2D eigenvalue weighted by Gasteiger charge is 2.22. The van der Waals surface area contributed by atoms with Gasteiger partial charge >= 0.3 is 0 Å². The number of hydrogen-bond donors (Lipinski definition) is 1. The maximum absolute atomic E-state index is 5.98. The Morgan fingerprint density at radius 3 is 2.33 bits per heavy atom. The van der Waals surface area contributed by atoms with Gasteiger partial charge in [-0.05, 0) is 50.6 Å². The molecular formula is C16H27N5. The number of nitrogens with zero attached hydrogens (tertiary/aromatic N) is 4. The van der Waals surface area contributed by atoms with Crippen molar-refractivity contribution in [3.8, 4) is 0 Å². The summed E-state index contributed by atoms with van der Waals surface area (Å²) in [6.45, 7) is 5.58. The summed E-state index contributed by atoms with van der Waals surface area (Å²) in [7, 11) is 0. The summed E-state index contributed by atoms with van der Waals surface area (Å²) in [5, 5.41) is 0. The van der Waals surface area contributed by atoms with Crippen molar-refractivity contribution in [2.45, 2.75) is 38.1 Å². The Labute approximate surface area is 127 Å². The smallest absolute Gasteiger partial charge is 0.225 e. The minimum atomic E-state index is 0.468. The molecule has 0 amide bonds. The second-order valence-corrected chi connectivity index (χ2v) is 6.45. The number of aromatic nitrogens is 2. The number of hydrogen-bond acceptors (Lipinski definition) is 5. The maximum atomic E-state index is 5.98. The van der Waals surface area contributed by atoms with Gasteiger partial charge in [0.2, 0.25) is 5.95 Å². The molecule has 0 unspecified atom stereocenters. The molecule has 1 saturated heterocycles. The monoisotopic (exact) mass is 289 g/mol. The lowest BCUT2D eigenvalue weighted by Crippen LogP contribution is -2.47. The number of piperazine rings is 1. The molecule has 1 aliphatic carbocycles. The molecule has 0 radical (unpaired) electrons. The third kappa shape index (κ3) is 4.14. The average molecular weight is 289 g/mol. The lowest BCUT2D eigenvalue weighted by Gasteiger charge is -2.36. The van der Waals surface area contributed by atoms with Gasteiger partial charge in [-0.3, -0.25) is 4.90 Å². The van der Waals surface area contributed by atoms with Crippen molar-refractivity contribution in [2.24, 2.45) is 11.7 Å². The maximum Gasteiger partial charge on any atom is 0.225 e. The molecule has 1 aromatic heterocycles. The Kier molecular flexibility index (Phi) is 5.04. The first-order valence-electron chi connectivity index (χ1n) is 8.31. The Morgan fingerprint density at radius 1 is 1.00 bits per heavy atom. The summed E-state index contributed by atoms with van der Waals surface area (Å²) < 4.78 is 0. The van der Waals surface area contributed by atoms with Crippen LogP contribution < -0.4 is 10.6 Å². The minimum Gasteiger partial charge on any atom is -0.338 e. The molecule has 0 spiro atoms. The second kappa shape index (κ2) is 7.18. The first-order valence-corrected chi connectivity index (χ1v) is 8.31. The topological polar surface area (TPSA) is 58.3 Å². The standard InChI is InChI=1S/C16H27N5/c17-15-4-2-14(3-5-15)6-9-20-10-12-21(13-11-20)16-18-7-1-8-19-16/h1,7-8,14-15H,2-6,9-13,17H2. The lowest BCUT2D eigenvalue weighted by molar-refractivity contribution is 0.216. The molecule has 1 saturated carbocycles. The number of rotatable bonds is 4. The zero-order chi connectivity index (χ0) is 14.5. The third-order valence-corrected chi connectivity index (χ3v) is 4.95. The fourth-order valence-electron chi connectivity index (χ4n) is 3.47. The fourth-order valence-corrected chi connectivity index (χ4v) is 3.47. The predicted molar refractivity (Wildman–Crippen MR) is 85.2 cm³/mol. The molecule has 0 atom stereocenters. The molecule has 0 bridgehead atoms. The molecular weight excluding hydrogens is 262 g/mol. The summed E-state index contributed by atoms with van der Waals surface area (Å²) in [4.78, 5) is 13.6. The van der Waals surface area contributed by atoms with Crippen molar-refractivity contribution in [3.63, 3.8) is 0 Å². The quantitative estimate of drug-likeness (QED) is 0.910. The van der Waals surface area contributed by atoms with Crippen LogP contribution in [0.15, 0.2) is 18.5 Å². The molecule has 0 aromatic carbocycles. The van der Waals surface area contributed by atoms with E-state index in [0.29, 0.717) is 6.04 Å². The van der Waals surface area contributed by atoms with E-state index in [-0.39, 0.29) is 0 Å². The van der Waals surface area contributed by atoms with Crippen LogP contribution in [0, 0.1) is 5.92 Å². The molecule has 5 nitrogen and oxygen atoms in total. The number of nitrogens with two attached hydrogens (primary N) is 1. The molecule has 2 N–H and O–H groups in total. The molecule has 1 aromatic rings. The molecule has 2 aliphatic rings. The zero-order valence-corrected chi connectivity index (χ0v) is 12.8. The van der Waals surface area contributed by atoms with Crippen LogP contribution in [-0.2, 0) is 0 Å². The average Bonchev–Trinajstić information content (AvgIpc) is 2.56. The van der Waals surface area contributed by atoms with E-state index in [1.165, 1.54) is 38.6 Å². The molecule has 1 aliphatic heterocycles. The molecule has 2 fully saturated rings. The van der Waals surface area contributed by atoms with Gasteiger partial charge in [-0.1, -0.05) is 0 Å². The summed E-state index contributed by atoms with van der Waals surface area (Å²) in [6.07, 6.45) is 10.1. The zero-order valence-electron chi connectivity index (χ0n) is 12.8. The van der Waals surface area contributed by atoms with Crippen molar-refractivity contribution in [2.75, 3.05) is 37.6 Å². The van der Waals surface area contributed by atoms with Crippen LogP contribution in [0.1, 0.15) is 32.1 Å². The predicted octanol–water partition coefficient (Wildman–Crippen LogP) is 1.51. The molecule has 2 heterocycles. The van der Waals surface area contributed by atoms with Gasteiger partial charge in [-0.2, -0.15) is 0 Å². The van der Waals surface area contributed by atoms with Crippen LogP contribution in [0.5, 0.6) is 0 Å². The van der Waals surface area contributed by atoms with Gasteiger partial charge in [0.1, 0.15) is 0 Å². The van der Waals surface area contributed by atoms with Crippen LogP contribution in [0.4, 0.5) is 5.95 Å². The highest BCUT2D eigenvalue weighted by Crippen LogP contribution is 2.26. The Balaban J connectivity index is 1.38. The van der Waals surface area contributed by atoms with Gasteiger partial charge in [-0.15, -0.1) is 0 Å². The van der Waals surface area contributed by atoms with Gasteiger partial charge in [0.15, 0.2) is 0 Å². The first kappa shape index (κ1) is 14.7.